The summed E-state index contributed by atoms with van der Waals surface area (Å²) in [5, 5.41) is 8.96. The predicted octanol–water partition coefficient (Wildman–Crippen LogP) is 0.738. The maximum Gasteiger partial charge on any atom is 0.136 e. The van der Waals surface area contributed by atoms with Gasteiger partial charge in [0.05, 0.1) is 0 Å². The fraction of sp³-hybridized carbons (Fsp3) is 0.875. The molecule has 1 N–H and O–H groups in total. The zero-order chi connectivity index (χ0) is 7.19. The van der Waals surface area contributed by atoms with Crippen molar-refractivity contribution < 1.29 is 9.90 Å². The van der Waals surface area contributed by atoms with Gasteiger partial charge in [0.2, 0.25) is 0 Å². The summed E-state index contributed by atoms with van der Waals surface area (Å²) in [6.07, 6.45) is 3.56. The third-order valence-corrected chi connectivity index (χ3v) is 3.05. The number of fused-ring (bicyclic) bond motifs is 2. The van der Waals surface area contributed by atoms with Gasteiger partial charge in [0.15, 0.2) is 0 Å². The quantitative estimate of drug-likeness (QED) is 0.583. The van der Waals surface area contributed by atoms with E-state index in [-0.39, 0.29) is 12.0 Å². The summed E-state index contributed by atoms with van der Waals surface area (Å²) >= 11 is 0. The van der Waals surface area contributed by atoms with E-state index in [1.54, 1.807) is 0 Å². The largest absolute Gasteiger partial charge is 0.396 e. The monoisotopic (exact) mass is 140 g/mol. The van der Waals surface area contributed by atoms with Crippen LogP contribution < -0.4 is 0 Å². The van der Waals surface area contributed by atoms with Gasteiger partial charge in [-0.2, -0.15) is 0 Å². The molecule has 3 saturated carbocycles. The van der Waals surface area contributed by atoms with E-state index >= 15 is 0 Å². The van der Waals surface area contributed by atoms with Gasteiger partial charge in [0.1, 0.15) is 5.78 Å². The molecule has 0 atom stereocenters. The average Bonchev–Trinajstić information content (AvgIpc) is 1.87. The highest BCUT2D eigenvalue weighted by molar-refractivity contribution is 5.83. The zero-order valence-electron chi connectivity index (χ0n) is 5.97. The van der Waals surface area contributed by atoms with Crippen molar-refractivity contribution in [2.45, 2.75) is 25.7 Å². The standard InChI is InChI=1S/C8H12O2/c9-5-8-2-1-7(10)6(3-8)4-8/h6,9H,1-5H2. The minimum atomic E-state index is 0.179. The molecular weight excluding hydrogens is 128 g/mol. The van der Waals surface area contributed by atoms with Crippen LogP contribution in [0.1, 0.15) is 25.7 Å². The summed E-state index contributed by atoms with van der Waals surface area (Å²) in [7, 11) is 0. The Morgan fingerprint density at radius 2 is 2.30 bits per heavy atom. The molecule has 2 bridgehead atoms. The van der Waals surface area contributed by atoms with Gasteiger partial charge in [-0.1, -0.05) is 0 Å². The molecule has 0 aromatic rings. The first-order valence-electron chi connectivity index (χ1n) is 3.89. The van der Waals surface area contributed by atoms with Crippen molar-refractivity contribution in [2.24, 2.45) is 11.3 Å². The molecule has 0 radical (unpaired) electrons. The third-order valence-electron chi connectivity index (χ3n) is 3.05. The van der Waals surface area contributed by atoms with Crippen LogP contribution in [0.25, 0.3) is 0 Å². The molecule has 2 heteroatoms. The van der Waals surface area contributed by atoms with Crippen LogP contribution in [0.3, 0.4) is 0 Å². The third kappa shape index (κ3) is 0.655. The molecule has 0 aliphatic heterocycles. The van der Waals surface area contributed by atoms with Crippen molar-refractivity contribution >= 4 is 5.78 Å². The molecule has 0 unspecified atom stereocenters. The van der Waals surface area contributed by atoms with E-state index in [0.29, 0.717) is 18.1 Å². The lowest BCUT2D eigenvalue weighted by Gasteiger charge is -2.50. The summed E-state index contributed by atoms with van der Waals surface area (Å²) in [6.45, 7) is 0.288. The SMILES string of the molecule is O=C1CCC2(CO)CC1C2. The van der Waals surface area contributed by atoms with Crippen molar-refractivity contribution in [1.29, 1.82) is 0 Å². The van der Waals surface area contributed by atoms with Gasteiger partial charge in [-0.3, -0.25) is 4.79 Å². The number of rotatable bonds is 1. The Hall–Kier alpha value is -0.370. The van der Waals surface area contributed by atoms with Crippen molar-refractivity contribution in [3.8, 4) is 0 Å². The Balaban J connectivity index is 2.08. The second-order valence-corrected chi connectivity index (χ2v) is 3.73. The molecule has 3 aliphatic rings. The van der Waals surface area contributed by atoms with Crippen molar-refractivity contribution in [1.82, 2.24) is 0 Å². The van der Waals surface area contributed by atoms with Gasteiger partial charge in [-0.05, 0) is 24.7 Å². The molecule has 56 valence electrons. The van der Waals surface area contributed by atoms with E-state index in [0.717, 1.165) is 19.3 Å². The van der Waals surface area contributed by atoms with Crippen molar-refractivity contribution in [3.63, 3.8) is 0 Å². The van der Waals surface area contributed by atoms with Crippen LogP contribution in [0.15, 0.2) is 0 Å². The summed E-state index contributed by atoms with van der Waals surface area (Å²) in [5.74, 6) is 0.747. The summed E-state index contributed by atoms with van der Waals surface area (Å²) in [6, 6.07) is 0. The average molecular weight is 140 g/mol. The number of carbonyl (C=O) groups is 1. The first-order chi connectivity index (χ1) is 4.76. The molecular formula is C8H12O2. The fourth-order valence-electron chi connectivity index (χ4n) is 2.22. The molecule has 2 nitrogen and oxygen atoms in total. The van der Waals surface area contributed by atoms with Crippen molar-refractivity contribution in [2.75, 3.05) is 6.61 Å². The molecule has 0 saturated heterocycles. The number of aliphatic hydroxyl groups is 1. The molecule has 0 aromatic carbocycles. The zero-order valence-corrected chi connectivity index (χ0v) is 5.97. The number of hydrogen-bond donors (Lipinski definition) is 1. The van der Waals surface area contributed by atoms with Crippen LogP contribution in [0.2, 0.25) is 0 Å². The van der Waals surface area contributed by atoms with Gasteiger partial charge in [0, 0.05) is 18.9 Å². The molecule has 0 aromatic heterocycles. The highest BCUT2D eigenvalue weighted by Crippen LogP contribution is 2.53. The number of aliphatic hydroxyl groups excluding tert-OH is 1. The normalized spacial score (nSPS) is 44.9. The predicted molar refractivity (Wildman–Crippen MR) is 36.5 cm³/mol. The van der Waals surface area contributed by atoms with Crippen molar-refractivity contribution in [3.05, 3.63) is 0 Å². The van der Waals surface area contributed by atoms with Gasteiger partial charge >= 0.3 is 0 Å². The highest BCUT2D eigenvalue weighted by Gasteiger charge is 2.50. The second-order valence-electron chi connectivity index (χ2n) is 3.73. The Morgan fingerprint density at radius 3 is 2.70 bits per heavy atom. The molecule has 3 aliphatic carbocycles. The first-order valence-corrected chi connectivity index (χ1v) is 3.89. The van der Waals surface area contributed by atoms with Gasteiger partial charge < -0.3 is 5.11 Å². The van der Waals surface area contributed by atoms with Crippen LogP contribution in [-0.2, 0) is 4.79 Å². The maximum atomic E-state index is 11.0. The molecule has 0 amide bonds. The van der Waals surface area contributed by atoms with Crippen LogP contribution in [0.5, 0.6) is 0 Å². The van der Waals surface area contributed by atoms with Gasteiger partial charge in [0.25, 0.3) is 0 Å². The topological polar surface area (TPSA) is 37.3 Å². The van der Waals surface area contributed by atoms with Crippen LogP contribution >= 0.6 is 0 Å². The maximum absolute atomic E-state index is 11.0. The number of carbonyl (C=O) groups excluding carboxylic acids is 1. The van der Waals surface area contributed by atoms with E-state index in [1.165, 1.54) is 0 Å². The lowest BCUT2D eigenvalue weighted by Crippen LogP contribution is -2.48. The smallest absolute Gasteiger partial charge is 0.136 e. The Labute approximate surface area is 60.2 Å². The van der Waals surface area contributed by atoms with E-state index in [2.05, 4.69) is 0 Å². The van der Waals surface area contributed by atoms with E-state index in [4.69, 9.17) is 5.11 Å². The Morgan fingerprint density at radius 1 is 1.60 bits per heavy atom. The highest BCUT2D eigenvalue weighted by atomic mass is 16.3. The van der Waals surface area contributed by atoms with E-state index in [1.807, 2.05) is 0 Å². The minimum absolute atomic E-state index is 0.179. The number of ketones is 1. The second kappa shape index (κ2) is 1.82. The van der Waals surface area contributed by atoms with E-state index < -0.39 is 0 Å². The fourth-order valence-corrected chi connectivity index (χ4v) is 2.22. The molecule has 0 spiro atoms. The van der Waals surface area contributed by atoms with Crippen LogP contribution in [-0.4, -0.2) is 17.5 Å². The molecule has 3 fully saturated rings. The van der Waals surface area contributed by atoms with E-state index in [9.17, 15) is 4.79 Å². The summed E-state index contributed by atoms with van der Waals surface area (Å²) < 4.78 is 0. The summed E-state index contributed by atoms with van der Waals surface area (Å²) in [5.41, 5.74) is 0.179. The molecule has 0 heterocycles. The van der Waals surface area contributed by atoms with Gasteiger partial charge in [-0.15, -0.1) is 0 Å². The van der Waals surface area contributed by atoms with Crippen LogP contribution in [0.4, 0.5) is 0 Å². The Kier molecular flexibility index (Phi) is 1.15. The number of hydrogen-bond acceptors (Lipinski definition) is 2. The summed E-state index contributed by atoms with van der Waals surface area (Å²) in [4.78, 5) is 11.0. The lowest BCUT2D eigenvalue weighted by molar-refractivity contribution is -0.142. The number of Topliss-reactive ketones (excluding diaryl/α,β-unsaturated/α-hetero) is 1. The Bertz CT molecular complexity index is 163. The van der Waals surface area contributed by atoms with Crippen LogP contribution in [0, 0.1) is 11.3 Å². The lowest BCUT2D eigenvalue weighted by atomic mass is 9.54. The molecule has 3 rings (SSSR count). The minimum Gasteiger partial charge on any atom is -0.396 e. The first kappa shape index (κ1) is 6.35. The van der Waals surface area contributed by atoms with Gasteiger partial charge in [-0.25, -0.2) is 0 Å². The molecule has 10 heavy (non-hydrogen) atoms.